The molecule has 0 saturated heterocycles. The summed E-state index contributed by atoms with van der Waals surface area (Å²) in [6, 6.07) is 4.81. The molecule has 6 heteroatoms. The summed E-state index contributed by atoms with van der Waals surface area (Å²) in [5.41, 5.74) is 0.501. The highest BCUT2D eigenvalue weighted by atomic mass is 35.6. The molecule has 78 valence electrons. The third-order valence-corrected chi connectivity index (χ3v) is 3.65. The minimum Gasteiger partial charge on any atom is -0.113 e. The van der Waals surface area contributed by atoms with E-state index in [1.165, 1.54) is 0 Å². The molecule has 0 radical (unpaired) electrons. The van der Waals surface area contributed by atoms with E-state index in [2.05, 4.69) is 0 Å². The van der Waals surface area contributed by atoms with Gasteiger partial charge in [0.2, 0.25) is 3.79 Å². The maximum atomic E-state index is 5.92. The summed E-state index contributed by atoms with van der Waals surface area (Å²) in [5.74, 6) is 0. The van der Waals surface area contributed by atoms with Gasteiger partial charge in [0.1, 0.15) is 5.38 Å². The van der Waals surface area contributed by atoms with Crippen molar-refractivity contribution in [3.8, 4) is 0 Å². The summed E-state index contributed by atoms with van der Waals surface area (Å²) in [6.45, 7) is 0. The Hall–Kier alpha value is 0.960. The van der Waals surface area contributed by atoms with Crippen LogP contribution in [-0.4, -0.2) is 3.79 Å². The van der Waals surface area contributed by atoms with Crippen molar-refractivity contribution >= 4 is 69.6 Å². The number of rotatable bonds is 1. The SMILES string of the molecule is Clc1ccc(Cl)c(C(Cl)C(Cl)(Cl)Cl)c1. The van der Waals surface area contributed by atoms with Crippen LogP contribution < -0.4 is 0 Å². The fraction of sp³-hybridized carbons (Fsp3) is 0.250. The highest BCUT2D eigenvalue weighted by Crippen LogP contribution is 2.46. The lowest BCUT2D eigenvalue weighted by Gasteiger charge is -2.19. The van der Waals surface area contributed by atoms with E-state index >= 15 is 0 Å². The van der Waals surface area contributed by atoms with Crippen LogP contribution in [0.15, 0.2) is 18.2 Å². The van der Waals surface area contributed by atoms with Crippen LogP contribution >= 0.6 is 69.6 Å². The minimum absolute atomic E-state index is 0.417. The molecule has 0 N–H and O–H groups in total. The molecule has 0 aliphatic heterocycles. The third kappa shape index (κ3) is 3.23. The molecule has 0 saturated carbocycles. The highest BCUT2D eigenvalue weighted by Gasteiger charge is 2.33. The quantitative estimate of drug-likeness (QED) is 0.588. The Balaban J connectivity index is 3.12. The van der Waals surface area contributed by atoms with Crippen LogP contribution in [0.1, 0.15) is 10.9 Å². The first-order valence-corrected chi connectivity index (χ1v) is 5.80. The maximum Gasteiger partial charge on any atom is 0.210 e. The van der Waals surface area contributed by atoms with Gasteiger partial charge in [-0.15, -0.1) is 11.6 Å². The fourth-order valence-corrected chi connectivity index (χ4v) is 1.88. The van der Waals surface area contributed by atoms with Gasteiger partial charge in [0, 0.05) is 10.0 Å². The summed E-state index contributed by atoms with van der Waals surface area (Å²) in [5, 5.41) is 0.0729. The van der Waals surface area contributed by atoms with Crippen molar-refractivity contribution in [1.29, 1.82) is 0 Å². The van der Waals surface area contributed by atoms with Gasteiger partial charge in [-0.05, 0) is 23.8 Å². The largest absolute Gasteiger partial charge is 0.210 e. The van der Waals surface area contributed by atoms with E-state index in [1.807, 2.05) is 0 Å². The van der Waals surface area contributed by atoms with Gasteiger partial charge in [0.05, 0.1) is 0 Å². The molecule has 0 heterocycles. The van der Waals surface area contributed by atoms with Gasteiger partial charge in [-0.3, -0.25) is 0 Å². The Morgan fingerprint density at radius 2 is 1.64 bits per heavy atom. The van der Waals surface area contributed by atoms with E-state index in [0.717, 1.165) is 0 Å². The van der Waals surface area contributed by atoms with E-state index in [4.69, 9.17) is 69.6 Å². The zero-order chi connectivity index (χ0) is 10.9. The van der Waals surface area contributed by atoms with Crippen molar-refractivity contribution in [2.24, 2.45) is 0 Å². The Kier molecular flexibility index (Phi) is 4.52. The zero-order valence-electron chi connectivity index (χ0n) is 6.58. The van der Waals surface area contributed by atoms with Gasteiger partial charge in [-0.2, -0.15) is 0 Å². The van der Waals surface area contributed by atoms with Gasteiger partial charge >= 0.3 is 0 Å². The number of hydrogen-bond acceptors (Lipinski definition) is 0. The third-order valence-electron chi connectivity index (χ3n) is 1.52. The molecule has 0 aliphatic carbocycles. The Labute approximate surface area is 112 Å². The van der Waals surface area contributed by atoms with Gasteiger partial charge < -0.3 is 0 Å². The van der Waals surface area contributed by atoms with Gasteiger partial charge in [0.15, 0.2) is 0 Å². The average molecular weight is 313 g/mol. The molecular weight excluding hydrogens is 309 g/mol. The van der Waals surface area contributed by atoms with Gasteiger partial charge in [-0.25, -0.2) is 0 Å². The number of halogens is 6. The highest BCUT2D eigenvalue weighted by molar-refractivity contribution is 6.70. The number of benzene rings is 1. The van der Waals surface area contributed by atoms with E-state index in [0.29, 0.717) is 15.6 Å². The van der Waals surface area contributed by atoms with E-state index in [-0.39, 0.29) is 0 Å². The van der Waals surface area contributed by atoms with Crippen LogP contribution in [0.4, 0.5) is 0 Å². The summed E-state index contributed by atoms with van der Waals surface area (Å²) in [6.07, 6.45) is 0. The van der Waals surface area contributed by atoms with Gasteiger partial charge in [-0.1, -0.05) is 58.0 Å². The first-order valence-electron chi connectivity index (χ1n) is 3.48. The molecule has 0 amide bonds. The summed E-state index contributed by atoms with van der Waals surface area (Å²) in [7, 11) is 0. The molecule has 1 aromatic carbocycles. The predicted octanol–water partition coefficient (Wildman–Crippen LogP) is 5.64. The van der Waals surface area contributed by atoms with Crippen molar-refractivity contribution in [3.05, 3.63) is 33.8 Å². The van der Waals surface area contributed by atoms with Crippen LogP contribution in [0.3, 0.4) is 0 Å². The maximum absolute atomic E-state index is 5.92. The Morgan fingerprint density at radius 1 is 1.07 bits per heavy atom. The normalized spacial score (nSPS) is 14.1. The van der Waals surface area contributed by atoms with E-state index < -0.39 is 9.17 Å². The fourth-order valence-electron chi connectivity index (χ4n) is 0.885. The Bertz CT molecular complexity index is 329. The zero-order valence-corrected chi connectivity index (χ0v) is 11.1. The lowest BCUT2D eigenvalue weighted by Crippen LogP contribution is -2.11. The standard InChI is InChI=1S/C8H4Cl6/c9-4-1-2-6(10)5(3-4)7(11)8(12,13)14/h1-3,7H. The van der Waals surface area contributed by atoms with Crippen LogP contribution in [0.2, 0.25) is 10.0 Å². The summed E-state index contributed by atoms with van der Waals surface area (Å²) >= 11 is 34.5. The van der Waals surface area contributed by atoms with Crippen molar-refractivity contribution < 1.29 is 0 Å². The number of alkyl halides is 4. The molecule has 1 unspecified atom stereocenters. The average Bonchev–Trinajstić information content (AvgIpc) is 2.06. The Morgan fingerprint density at radius 3 is 2.14 bits per heavy atom. The predicted molar refractivity (Wildman–Crippen MR) is 65.3 cm³/mol. The first-order chi connectivity index (χ1) is 6.32. The monoisotopic (exact) mass is 310 g/mol. The van der Waals surface area contributed by atoms with Crippen LogP contribution in [-0.2, 0) is 0 Å². The lowest BCUT2D eigenvalue weighted by molar-refractivity contribution is 0.972. The first kappa shape index (κ1) is 13.0. The minimum atomic E-state index is -1.62. The lowest BCUT2D eigenvalue weighted by atomic mass is 10.1. The molecular formula is C8H4Cl6. The molecule has 0 bridgehead atoms. The smallest absolute Gasteiger partial charge is 0.113 e. The summed E-state index contributed by atoms with van der Waals surface area (Å²) < 4.78 is -1.62. The van der Waals surface area contributed by atoms with Crippen LogP contribution in [0, 0.1) is 0 Å². The van der Waals surface area contributed by atoms with Crippen LogP contribution in [0.5, 0.6) is 0 Å². The summed E-state index contributed by atoms with van der Waals surface area (Å²) in [4.78, 5) is 0. The molecule has 0 nitrogen and oxygen atoms in total. The second-order valence-corrected chi connectivity index (χ2v) is 6.22. The molecule has 0 fully saturated rings. The molecule has 0 aromatic heterocycles. The van der Waals surface area contributed by atoms with Crippen molar-refractivity contribution in [2.45, 2.75) is 9.17 Å². The van der Waals surface area contributed by atoms with E-state index in [1.54, 1.807) is 18.2 Å². The van der Waals surface area contributed by atoms with Crippen molar-refractivity contribution in [1.82, 2.24) is 0 Å². The second-order valence-electron chi connectivity index (χ2n) is 2.57. The molecule has 1 rings (SSSR count). The van der Waals surface area contributed by atoms with Crippen molar-refractivity contribution in [2.75, 3.05) is 0 Å². The molecule has 0 aliphatic rings. The van der Waals surface area contributed by atoms with Crippen LogP contribution in [0.25, 0.3) is 0 Å². The number of hydrogen-bond donors (Lipinski definition) is 0. The second kappa shape index (κ2) is 4.86. The molecule has 14 heavy (non-hydrogen) atoms. The van der Waals surface area contributed by atoms with Crippen molar-refractivity contribution in [3.63, 3.8) is 0 Å². The van der Waals surface area contributed by atoms with Gasteiger partial charge in [0.25, 0.3) is 0 Å². The molecule has 0 spiro atoms. The van der Waals surface area contributed by atoms with E-state index in [9.17, 15) is 0 Å². The molecule has 1 atom stereocenters. The topological polar surface area (TPSA) is 0 Å². The molecule has 1 aromatic rings.